The molecule has 1 aliphatic heterocycles. The van der Waals surface area contributed by atoms with Crippen LogP contribution in [0.2, 0.25) is 0 Å². The first-order valence-corrected chi connectivity index (χ1v) is 8.73. The van der Waals surface area contributed by atoms with Crippen LogP contribution in [-0.2, 0) is 0 Å². The summed E-state index contributed by atoms with van der Waals surface area (Å²) in [4.78, 5) is 5.24. The SMILES string of the molecule is C=C(C(=N)C=C/C=C\C=Cc1ccc(N)c(S)c1)N1CCN(C)CC1. The zero-order valence-corrected chi connectivity index (χ0v) is 15.5. The number of hydrogen-bond donors (Lipinski definition) is 3. The molecule has 1 saturated heterocycles. The molecule has 0 radical (unpaired) electrons. The normalized spacial score (nSPS) is 16.3. The largest absolute Gasteiger partial charge is 0.398 e. The topological polar surface area (TPSA) is 56.4 Å². The van der Waals surface area contributed by atoms with Crippen LogP contribution in [0.25, 0.3) is 6.08 Å². The van der Waals surface area contributed by atoms with Crippen molar-refractivity contribution in [2.45, 2.75) is 4.90 Å². The van der Waals surface area contributed by atoms with Crippen molar-refractivity contribution in [2.24, 2.45) is 0 Å². The van der Waals surface area contributed by atoms with E-state index in [0.29, 0.717) is 11.4 Å². The van der Waals surface area contributed by atoms with Crippen molar-refractivity contribution in [3.63, 3.8) is 0 Å². The van der Waals surface area contributed by atoms with Crippen LogP contribution < -0.4 is 5.73 Å². The lowest BCUT2D eigenvalue weighted by Gasteiger charge is -2.34. The number of hydrogen-bond acceptors (Lipinski definition) is 5. The van der Waals surface area contributed by atoms with E-state index in [0.717, 1.165) is 42.3 Å². The van der Waals surface area contributed by atoms with Gasteiger partial charge in [-0.1, -0.05) is 43.0 Å². The Balaban J connectivity index is 1.82. The van der Waals surface area contributed by atoms with Crippen LogP contribution in [-0.4, -0.2) is 48.7 Å². The maximum atomic E-state index is 8.13. The van der Waals surface area contributed by atoms with E-state index in [4.69, 9.17) is 11.1 Å². The van der Waals surface area contributed by atoms with E-state index in [2.05, 4.69) is 36.1 Å². The average molecular weight is 355 g/mol. The molecule has 132 valence electrons. The maximum absolute atomic E-state index is 8.13. The number of nitrogens with one attached hydrogen (secondary N) is 1. The Hall–Kier alpha value is -2.24. The molecule has 25 heavy (non-hydrogen) atoms. The first-order chi connectivity index (χ1) is 12.0. The second-order valence-electron chi connectivity index (χ2n) is 6.07. The van der Waals surface area contributed by atoms with Crippen LogP contribution in [0.15, 0.2) is 65.8 Å². The number of nitrogens with zero attached hydrogens (tertiary/aromatic N) is 2. The minimum atomic E-state index is 0.455. The van der Waals surface area contributed by atoms with Crippen LogP contribution in [0.5, 0.6) is 0 Å². The molecular weight excluding hydrogens is 328 g/mol. The van der Waals surface area contributed by atoms with E-state index < -0.39 is 0 Å². The smallest absolute Gasteiger partial charge is 0.0767 e. The molecule has 0 saturated carbocycles. The van der Waals surface area contributed by atoms with Gasteiger partial charge in [0.1, 0.15) is 0 Å². The van der Waals surface area contributed by atoms with Crippen molar-refractivity contribution in [3.05, 3.63) is 66.4 Å². The highest BCUT2D eigenvalue weighted by Crippen LogP contribution is 2.18. The minimum absolute atomic E-state index is 0.455. The van der Waals surface area contributed by atoms with Gasteiger partial charge in [-0.2, -0.15) is 0 Å². The van der Waals surface area contributed by atoms with Gasteiger partial charge >= 0.3 is 0 Å². The van der Waals surface area contributed by atoms with E-state index in [1.165, 1.54) is 0 Å². The van der Waals surface area contributed by atoms with Crippen LogP contribution in [0.3, 0.4) is 0 Å². The molecule has 0 spiro atoms. The first kappa shape index (κ1) is 19.1. The van der Waals surface area contributed by atoms with Gasteiger partial charge in [0.25, 0.3) is 0 Å². The Morgan fingerprint density at radius 3 is 2.52 bits per heavy atom. The Kier molecular flexibility index (Phi) is 7.10. The average Bonchev–Trinajstić information content (AvgIpc) is 2.60. The number of nitrogens with two attached hydrogens (primary N) is 1. The summed E-state index contributed by atoms with van der Waals surface area (Å²) in [6, 6.07) is 5.72. The van der Waals surface area contributed by atoms with E-state index in [9.17, 15) is 0 Å². The highest BCUT2D eigenvalue weighted by molar-refractivity contribution is 7.80. The lowest BCUT2D eigenvalue weighted by atomic mass is 10.2. The molecule has 0 atom stereocenters. The monoisotopic (exact) mass is 354 g/mol. The molecule has 1 aliphatic rings. The van der Waals surface area contributed by atoms with Crippen molar-refractivity contribution in [2.75, 3.05) is 39.0 Å². The Bertz CT molecular complexity index is 710. The Morgan fingerprint density at radius 2 is 1.84 bits per heavy atom. The third-order valence-electron chi connectivity index (χ3n) is 4.14. The van der Waals surface area contributed by atoms with Crippen molar-refractivity contribution >= 4 is 30.1 Å². The maximum Gasteiger partial charge on any atom is 0.0767 e. The molecule has 1 heterocycles. The summed E-state index contributed by atoms with van der Waals surface area (Å²) < 4.78 is 0. The third-order valence-corrected chi connectivity index (χ3v) is 4.52. The Morgan fingerprint density at radius 1 is 1.16 bits per heavy atom. The molecule has 0 unspecified atom stereocenters. The van der Waals surface area contributed by atoms with Crippen LogP contribution in [0.1, 0.15) is 5.56 Å². The van der Waals surface area contributed by atoms with Gasteiger partial charge in [0.2, 0.25) is 0 Å². The second-order valence-corrected chi connectivity index (χ2v) is 6.55. The molecule has 5 heteroatoms. The predicted molar refractivity (Wildman–Crippen MR) is 111 cm³/mol. The van der Waals surface area contributed by atoms with Crippen molar-refractivity contribution < 1.29 is 0 Å². The number of rotatable bonds is 6. The van der Waals surface area contributed by atoms with E-state index >= 15 is 0 Å². The second kappa shape index (κ2) is 9.30. The standard InChI is InChI=1S/C20H26N4S/c1-16(24-13-11-23(2)12-14-24)18(21)8-6-4-3-5-7-17-9-10-19(22)20(25)15-17/h3-10,15,21,25H,1,11-14,22H2,2H3/b4-3-,7-5?,8-6?,21-18?. The molecule has 4 nitrogen and oxygen atoms in total. The summed E-state index contributed by atoms with van der Waals surface area (Å²) in [6.45, 7) is 7.94. The number of likely N-dealkylation sites (N-methyl/N-ethyl adjacent to an activating group) is 1. The number of allylic oxidation sites excluding steroid dienone is 5. The highest BCUT2D eigenvalue weighted by Gasteiger charge is 2.16. The molecule has 2 rings (SSSR count). The quantitative estimate of drug-likeness (QED) is 0.317. The number of anilines is 1. The molecule has 3 N–H and O–H groups in total. The van der Waals surface area contributed by atoms with Crippen molar-refractivity contribution in [1.29, 1.82) is 5.41 Å². The van der Waals surface area contributed by atoms with E-state index in [-0.39, 0.29) is 0 Å². The van der Waals surface area contributed by atoms with Crippen LogP contribution in [0, 0.1) is 5.41 Å². The van der Waals surface area contributed by atoms with E-state index in [1.807, 2.05) is 48.6 Å². The minimum Gasteiger partial charge on any atom is -0.398 e. The van der Waals surface area contributed by atoms with Gasteiger partial charge in [0, 0.05) is 36.8 Å². The molecule has 1 fully saturated rings. The molecule has 0 aliphatic carbocycles. The summed E-state index contributed by atoms with van der Waals surface area (Å²) in [5.74, 6) is 0. The summed E-state index contributed by atoms with van der Waals surface area (Å²) in [7, 11) is 2.12. The van der Waals surface area contributed by atoms with Gasteiger partial charge in [-0.05, 0) is 30.8 Å². The van der Waals surface area contributed by atoms with Crippen molar-refractivity contribution in [1.82, 2.24) is 9.80 Å². The molecule has 0 aromatic heterocycles. The predicted octanol–water partition coefficient (Wildman–Crippen LogP) is 3.46. The zero-order chi connectivity index (χ0) is 18.2. The van der Waals surface area contributed by atoms with Crippen LogP contribution >= 0.6 is 12.6 Å². The number of nitrogen functional groups attached to an aromatic ring is 1. The van der Waals surface area contributed by atoms with Crippen LogP contribution in [0.4, 0.5) is 5.69 Å². The lowest BCUT2D eigenvalue weighted by Crippen LogP contribution is -2.44. The molecule has 0 amide bonds. The summed E-state index contributed by atoms with van der Waals surface area (Å²) in [5.41, 5.74) is 8.71. The lowest BCUT2D eigenvalue weighted by molar-refractivity contribution is 0.193. The number of benzene rings is 1. The fourth-order valence-corrected chi connectivity index (χ4v) is 2.68. The Labute approximate surface area is 155 Å². The van der Waals surface area contributed by atoms with Gasteiger partial charge in [0.05, 0.1) is 11.4 Å². The molecular formula is C20H26N4S. The van der Waals surface area contributed by atoms with Gasteiger partial charge in [0.15, 0.2) is 0 Å². The zero-order valence-electron chi connectivity index (χ0n) is 14.7. The van der Waals surface area contributed by atoms with Gasteiger partial charge in [-0.25, -0.2) is 0 Å². The third kappa shape index (κ3) is 5.96. The molecule has 0 bridgehead atoms. The summed E-state index contributed by atoms with van der Waals surface area (Å²) in [5, 5.41) is 8.13. The fourth-order valence-electron chi connectivity index (χ4n) is 2.45. The first-order valence-electron chi connectivity index (χ1n) is 8.28. The van der Waals surface area contributed by atoms with E-state index in [1.54, 1.807) is 6.08 Å². The fraction of sp³-hybridized carbons (Fsp3) is 0.250. The van der Waals surface area contributed by atoms with Gasteiger partial charge in [-0.3, -0.25) is 5.41 Å². The summed E-state index contributed by atoms with van der Waals surface area (Å²) in [6.07, 6.45) is 11.4. The number of piperazine rings is 1. The van der Waals surface area contributed by atoms with Gasteiger partial charge < -0.3 is 15.5 Å². The molecule has 1 aromatic rings. The van der Waals surface area contributed by atoms with Gasteiger partial charge in [-0.15, -0.1) is 12.6 Å². The summed E-state index contributed by atoms with van der Waals surface area (Å²) >= 11 is 4.31. The highest BCUT2D eigenvalue weighted by atomic mass is 32.1. The van der Waals surface area contributed by atoms with Crippen molar-refractivity contribution in [3.8, 4) is 0 Å². The number of thiol groups is 1. The molecule has 1 aromatic carbocycles.